The first kappa shape index (κ1) is 13.9. The van der Waals surface area contributed by atoms with Gasteiger partial charge in [0.15, 0.2) is 0 Å². The zero-order valence-electron chi connectivity index (χ0n) is 11.3. The fourth-order valence-electron chi connectivity index (χ4n) is 3.03. The first-order valence-corrected chi connectivity index (χ1v) is 7.61. The van der Waals surface area contributed by atoms with Crippen LogP contribution in [0.4, 0.5) is 5.69 Å². The first-order chi connectivity index (χ1) is 8.58. The van der Waals surface area contributed by atoms with Gasteiger partial charge in [-0.3, -0.25) is 4.90 Å². The number of hydrogen-bond acceptors (Lipinski definition) is 2. The van der Waals surface area contributed by atoms with E-state index in [1.165, 1.54) is 31.2 Å². The Kier molecular flexibility index (Phi) is 4.68. The highest BCUT2D eigenvalue weighted by Crippen LogP contribution is 2.29. The summed E-state index contributed by atoms with van der Waals surface area (Å²) in [5, 5.41) is 0. The van der Waals surface area contributed by atoms with E-state index >= 15 is 0 Å². The van der Waals surface area contributed by atoms with Gasteiger partial charge in [-0.2, -0.15) is 0 Å². The van der Waals surface area contributed by atoms with Gasteiger partial charge < -0.3 is 5.73 Å². The molecule has 0 saturated heterocycles. The Balaban J connectivity index is 2.01. The standard InChI is InChI=1S/C15H23BrN2/c1-11-5-3-4-6-15(11)18(2)10-12-7-8-14(17)13(16)9-12/h7-9,11,15H,3-6,10,17H2,1-2H3. The van der Waals surface area contributed by atoms with Crippen LogP contribution >= 0.6 is 15.9 Å². The minimum atomic E-state index is 0.732. The van der Waals surface area contributed by atoms with Crippen molar-refractivity contribution in [2.45, 2.75) is 45.2 Å². The molecule has 2 nitrogen and oxygen atoms in total. The van der Waals surface area contributed by atoms with Crippen LogP contribution in [-0.2, 0) is 6.54 Å². The number of benzene rings is 1. The SMILES string of the molecule is CC1CCCCC1N(C)Cc1ccc(N)c(Br)c1. The van der Waals surface area contributed by atoms with Crippen molar-refractivity contribution in [3.05, 3.63) is 28.2 Å². The summed E-state index contributed by atoms with van der Waals surface area (Å²) in [4.78, 5) is 2.50. The van der Waals surface area contributed by atoms with E-state index < -0.39 is 0 Å². The molecule has 1 fully saturated rings. The van der Waals surface area contributed by atoms with Crippen molar-refractivity contribution in [2.75, 3.05) is 12.8 Å². The predicted molar refractivity (Wildman–Crippen MR) is 81.4 cm³/mol. The highest BCUT2D eigenvalue weighted by atomic mass is 79.9. The van der Waals surface area contributed by atoms with E-state index in [4.69, 9.17) is 5.73 Å². The van der Waals surface area contributed by atoms with Crippen LogP contribution in [-0.4, -0.2) is 18.0 Å². The summed E-state index contributed by atoms with van der Waals surface area (Å²) >= 11 is 3.50. The minimum absolute atomic E-state index is 0.732. The van der Waals surface area contributed by atoms with Gasteiger partial charge in [0, 0.05) is 22.7 Å². The highest BCUT2D eigenvalue weighted by molar-refractivity contribution is 9.10. The number of halogens is 1. The Morgan fingerprint density at radius 1 is 1.33 bits per heavy atom. The molecule has 1 aromatic carbocycles. The van der Waals surface area contributed by atoms with Crippen molar-refractivity contribution in [1.82, 2.24) is 4.90 Å². The average Bonchev–Trinajstić information content (AvgIpc) is 2.34. The highest BCUT2D eigenvalue weighted by Gasteiger charge is 2.24. The summed E-state index contributed by atoms with van der Waals surface area (Å²) in [6.45, 7) is 3.40. The molecular weight excluding hydrogens is 288 g/mol. The molecule has 0 heterocycles. The molecule has 2 rings (SSSR count). The van der Waals surface area contributed by atoms with Crippen molar-refractivity contribution in [1.29, 1.82) is 0 Å². The first-order valence-electron chi connectivity index (χ1n) is 6.82. The molecule has 1 aliphatic rings. The molecular formula is C15H23BrN2. The van der Waals surface area contributed by atoms with Crippen LogP contribution < -0.4 is 5.73 Å². The summed E-state index contributed by atoms with van der Waals surface area (Å²) in [6.07, 6.45) is 5.50. The number of rotatable bonds is 3. The van der Waals surface area contributed by atoms with Crippen LogP contribution in [0.5, 0.6) is 0 Å². The molecule has 2 unspecified atom stereocenters. The second kappa shape index (κ2) is 6.07. The van der Waals surface area contributed by atoms with Crippen LogP contribution in [0.15, 0.2) is 22.7 Å². The van der Waals surface area contributed by atoms with E-state index in [9.17, 15) is 0 Å². The molecule has 0 aromatic heterocycles. The molecule has 18 heavy (non-hydrogen) atoms. The van der Waals surface area contributed by atoms with Gasteiger partial charge in [-0.1, -0.05) is 25.8 Å². The van der Waals surface area contributed by atoms with Crippen molar-refractivity contribution in [2.24, 2.45) is 5.92 Å². The fraction of sp³-hybridized carbons (Fsp3) is 0.600. The maximum Gasteiger partial charge on any atom is 0.0458 e. The molecule has 0 radical (unpaired) electrons. The summed E-state index contributed by atoms with van der Waals surface area (Å²) in [5.41, 5.74) is 7.97. The van der Waals surface area contributed by atoms with Crippen LogP contribution in [0.1, 0.15) is 38.2 Å². The summed E-state index contributed by atoms with van der Waals surface area (Å²) < 4.78 is 1.00. The van der Waals surface area contributed by atoms with E-state index in [2.05, 4.69) is 46.9 Å². The van der Waals surface area contributed by atoms with Crippen LogP contribution in [0.25, 0.3) is 0 Å². The Labute approximate surface area is 119 Å². The van der Waals surface area contributed by atoms with E-state index in [0.717, 1.165) is 28.7 Å². The minimum Gasteiger partial charge on any atom is -0.398 e. The van der Waals surface area contributed by atoms with Gasteiger partial charge in [0.2, 0.25) is 0 Å². The smallest absolute Gasteiger partial charge is 0.0458 e. The molecule has 0 spiro atoms. The maximum absolute atomic E-state index is 5.82. The number of anilines is 1. The quantitative estimate of drug-likeness (QED) is 0.854. The number of nitrogen functional groups attached to an aromatic ring is 1. The van der Waals surface area contributed by atoms with Gasteiger partial charge in [-0.15, -0.1) is 0 Å². The van der Waals surface area contributed by atoms with Crippen LogP contribution in [0.3, 0.4) is 0 Å². The summed E-state index contributed by atoms with van der Waals surface area (Å²) in [5.74, 6) is 0.820. The average molecular weight is 311 g/mol. The van der Waals surface area contributed by atoms with E-state index in [1.54, 1.807) is 0 Å². The van der Waals surface area contributed by atoms with Crippen molar-refractivity contribution < 1.29 is 0 Å². The molecule has 2 atom stereocenters. The van der Waals surface area contributed by atoms with Crippen LogP contribution in [0.2, 0.25) is 0 Å². The van der Waals surface area contributed by atoms with Crippen molar-refractivity contribution in [3.63, 3.8) is 0 Å². The van der Waals surface area contributed by atoms with Crippen molar-refractivity contribution in [3.8, 4) is 0 Å². The molecule has 1 aromatic rings. The lowest BCUT2D eigenvalue weighted by Crippen LogP contribution is -2.38. The lowest BCUT2D eigenvalue weighted by Gasteiger charge is -2.36. The van der Waals surface area contributed by atoms with Crippen molar-refractivity contribution >= 4 is 21.6 Å². The molecule has 0 aliphatic heterocycles. The van der Waals surface area contributed by atoms with E-state index in [1.807, 2.05) is 6.07 Å². The Morgan fingerprint density at radius 3 is 2.72 bits per heavy atom. The van der Waals surface area contributed by atoms with Gasteiger partial charge in [-0.05, 0) is 59.4 Å². The summed E-state index contributed by atoms with van der Waals surface area (Å²) in [6, 6.07) is 6.98. The topological polar surface area (TPSA) is 29.3 Å². The lowest BCUT2D eigenvalue weighted by molar-refractivity contribution is 0.133. The molecule has 3 heteroatoms. The molecule has 0 bridgehead atoms. The normalized spacial score (nSPS) is 24.4. The third-order valence-electron chi connectivity index (χ3n) is 4.13. The second-order valence-corrected chi connectivity index (χ2v) is 6.45. The van der Waals surface area contributed by atoms with Gasteiger partial charge in [0.05, 0.1) is 0 Å². The third-order valence-corrected chi connectivity index (χ3v) is 4.82. The van der Waals surface area contributed by atoms with Crippen LogP contribution in [0, 0.1) is 5.92 Å². The molecule has 100 valence electrons. The maximum atomic E-state index is 5.82. The molecule has 2 N–H and O–H groups in total. The van der Waals surface area contributed by atoms with E-state index in [-0.39, 0.29) is 0 Å². The monoisotopic (exact) mass is 310 g/mol. The largest absolute Gasteiger partial charge is 0.398 e. The second-order valence-electron chi connectivity index (χ2n) is 5.60. The fourth-order valence-corrected chi connectivity index (χ4v) is 3.45. The van der Waals surface area contributed by atoms with E-state index in [0.29, 0.717) is 0 Å². The zero-order valence-corrected chi connectivity index (χ0v) is 12.9. The van der Waals surface area contributed by atoms with Gasteiger partial charge in [0.25, 0.3) is 0 Å². The Morgan fingerprint density at radius 2 is 2.06 bits per heavy atom. The molecule has 0 amide bonds. The third kappa shape index (κ3) is 3.27. The predicted octanol–water partition coefficient (Wildman–Crippen LogP) is 4.04. The number of nitrogens with two attached hydrogens (primary N) is 1. The van der Waals surface area contributed by atoms with Gasteiger partial charge in [0.1, 0.15) is 0 Å². The lowest BCUT2D eigenvalue weighted by atomic mass is 9.85. The zero-order chi connectivity index (χ0) is 13.1. The summed E-state index contributed by atoms with van der Waals surface area (Å²) in [7, 11) is 2.25. The van der Waals surface area contributed by atoms with Gasteiger partial charge >= 0.3 is 0 Å². The Bertz CT molecular complexity index is 405. The Hall–Kier alpha value is -0.540. The molecule has 1 saturated carbocycles. The van der Waals surface area contributed by atoms with Gasteiger partial charge in [-0.25, -0.2) is 0 Å². The number of nitrogens with zero attached hydrogens (tertiary/aromatic N) is 1. The number of hydrogen-bond donors (Lipinski definition) is 1. The molecule has 1 aliphatic carbocycles.